The largest absolute Gasteiger partial charge is 0.504 e. The number of ether oxygens (including phenoxy) is 2. The molecule has 0 radical (unpaired) electrons. The van der Waals surface area contributed by atoms with Crippen molar-refractivity contribution in [2.24, 2.45) is 0 Å². The van der Waals surface area contributed by atoms with Gasteiger partial charge in [-0.2, -0.15) is 0 Å². The highest BCUT2D eigenvalue weighted by atomic mass is 32.2. The number of amides is 2. The Balaban J connectivity index is 2.07. The molecule has 154 valence electrons. The van der Waals surface area contributed by atoms with Crippen LogP contribution in [0.25, 0.3) is 6.08 Å². The lowest BCUT2D eigenvalue weighted by Crippen LogP contribution is -2.22. The molecule has 1 aliphatic heterocycles. The van der Waals surface area contributed by atoms with Crippen LogP contribution in [-0.2, 0) is 25.1 Å². The Hall–Kier alpha value is -2.50. The third-order valence-corrected chi connectivity index (χ3v) is 8.12. The molecule has 0 saturated carbocycles. The Morgan fingerprint density at radius 3 is 2.72 bits per heavy atom. The van der Waals surface area contributed by atoms with E-state index in [4.69, 9.17) is 4.74 Å². The third-order valence-electron chi connectivity index (χ3n) is 4.08. The molecule has 1 aliphatic rings. The second-order valence-electron chi connectivity index (χ2n) is 5.86. The van der Waals surface area contributed by atoms with Crippen LogP contribution in [0.2, 0.25) is 0 Å². The molecule has 0 atom stereocenters. The number of phenols is 1. The van der Waals surface area contributed by atoms with Crippen LogP contribution >= 0.6 is 23.1 Å². The molecule has 29 heavy (non-hydrogen) atoms. The molecule has 1 saturated heterocycles. The van der Waals surface area contributed by atoms with Gasteiger partial charge in [0.1, 0.15) is 4.21 Å². The van der Waals surface area contributed by atoms with Crippen molar-refractivity contribution in [2.45, 2.75) is 14.9 Å². The van der Waals surface area contributed by atoms with Gasteiger partial charge in [-0.1, -0.05) is 6.07 Å². The number of aromatic hydroxyl groups is 1. The highest BCUT2D eigenvalue weighted by molar-refractivity contribution is 7.98. The number of thiophene rings is 1. The van der Waals surface area contributed by atoms with Crippen molar-refractivity contribution in [3.8, 4) is 11.5 Å². The van der Waals surface area contributed by atoms with Gasteiger partial charge in [0.05, 0.1) is 12.9 Å². The molecular weight excluding hydrogens is 438 g/mol. The third kappa shape index (κ3) is 4.26. The van der Waals surface area contributed by atoms with Gasteiger partial charge in [-0.3, -0.25) is 4.79 Å². The van der Waals surface area contributed by atoms with Gasteiger partial charge in [0.25, 0.3) is 5.91 Å². The number of rotatable bonds is 7. The molecule has 0 bridgehead atoms. The fourth-order valence-electron chi connectivity index (χ4n) is 2.74. The first-order valence-corrected chi connectivity index (χ1v) is 11.9. The van der Waals surface area contributed by atoms with E-state index in [2.05, 4.69) is 4.74 Å². The van der Waals surface area contributed by atoms with E-state index in [9.17, 15) is 23.1 Å². The van der Waals surface area contributed by atoms with Gasteiger partial charge < -0.3 is 14.6 Å². The SMILES string of the molecule is COc1cc(CS(=O)(=O)c2cccs2)c(SC)c(/C=C/N2C(=O)COC2=O)c1O. The Morgan fingerprint density at radius 2 is 2.17 bits per heavy atom. The number of imide groups is 1. The average Bonchev–Trinajstić information content (AvgIpc) is 3.33. The van der Waals surface area contributed by atoms with Crippen LogP contribution in [0.15, 0.2) is 38.9 Å². The molecule has 0 aliphatic carbocycles. The fourth-order valence-corrected chi connectivity index (χ4v) is 6.05. The van der Waals surface area contributed by atoms with Gasteiger partial charge in [-0.15, -0.1) is 23.1 Å². The molecule has 11 heteroatoms. The maximum absolute atomic E-state index is 12.7. The first-order chi connectivity index (χ1) is 13.8. The number of benzene rings is 1. The quantitative estimate of drug-likeness (QED) is 0.634. The lowest BCUT2D eigenvalue weighted by Gasteiger charge is -2.16. The first-order valence-electron chi connectivity index (χ1n) is 8.18. The van der Waals surface area contributed by atoms with Crippen molar-refractivity contribution in [1.29, 1.82) is 0 Å². The average molecular weight is 456 g/mol. The molecule has 1 aromatic carbocycles. The zero-order valence-electron chi connectivity index (χ0n) is 15.4. The van der Waals surface area contributed by atoms with E-state index in [1.54, 1.807) is 17.7 Å². The summed E-state index contributed by atoms with van der Waals surface area (Å²) in [5, 5.41) is 12.2. The van der Waals surface area contributed by atoms with Crippen LogP contribution < -0.4 is 4.74 Å². The Bertz CT molecular complexity index is 1060. The Labute approximate surface area is 175 Å². The minimum Gasteiger partial charge on any atom is -0.504 e. The van der Waals surface area contributed by atoms with Crippen LogP contribution in [0, 0.1) is 0 Å². The normalized spacial score (nSPS) is 14.6. The summed E-state index contributed by atoms with van der Waals surface area (Å²) in [5.74, 6) is -0.995. The molecule has 2 heterocycles. The van der Waals surface area contributed by atoms with Gasteiger partial charge in [0, 0.05) is 16.7 Å². The number of nitrogens with zero attached hydrogens (tertiary/aromatic N) is 1. The van der Waals surface area contributed by atoms with Crippen LogP contribution in [0.5, 0.6) is 11.5 Å². The highest BCUT2D eigenvalue weighted by Gasteiger charge is 2.29. The number of cyclic esters (lactones) is 1. The summed E-state index contributed by atoms with van der Waals surface area (Å²) in [7, 11) is -2.25. The van der Waals surface area contributed by atoms with E-state index in [1.165, 1.54) is 43.3 Å². The predicted molar refractivity (Wildman–Crippen MR) is 109 cm³/mol. The number of sulfone groups is 1. The second kappa shape index (κ2) is 8.47. The number of hydrogen-bond acceptors (Lipinski definition) is 9. The van der Waals surface area contributed by atoms with Crippen LogP contribution in [-0.4, -0.2) is 50.4 Å². The minimum atomic E-state index is -3.60. The second-order valence-corrected chi connectivity index (χ2v) is 9.84. The summed E-state index contributed by atoms with van der Waals surface area (Å²) in [6.07, 6.45) is 3.45. The molecular formula is C18H17NO7S3. The van der Waals surface area contributed by atoms with Gasteiger partial charge in [0.2, 0.25) is 0 Å². The molecule has 1 N–H and O–H groups in total. The minimum absolute atomic E-state index is 0.0779. The van der Waals surface area contributed by atoms with Crippen molar-refractivity contribution in [3.63, 3.8) is 0 Å². The monoisotopic (exact) mass is 455 g/mol. The van der Waals surface area contributed by atoms with Crippen molar-refractivity contribution < 1.29 is 32.6 Å². The molecule has 3 rings (SSSR count). The summed E-state index contributed by atoms with van der Waals surface area (Å²) in [4.78, 5) is 24.6. The van der Waals surface area contributed by atoms with Crippen LogP contribution in [0.1, 0.15) is 11.1 Å². The van der Waals surface area contributed by atoms with Crippen LogP contribution in [0.3, 0.4) is 0 Å². The lowest BCUT2D eigenvalue weighted by molar-refractivity contribution is -0.124. The summed E-state index contributed by atoms with van der Waals surface area (Å²) >= 11 is 2.35. The molecule has 2 amide bonds. The maximum atomic E-state index is 12.7. The van der Waals surface area contributed by atoms with Crippen LogP contribution in [0.4, 0.5) is 4.79 Å². The Kier molecular flexibility index (Phi) is 6.20. The number of carbonyl (C=O) groups excluding carboxylic acids is 2. The molecule has 0 spiro atoms. The smallest absolute Gasteiger partial charge is 0.421 e. The standard InChI is InChI=1S/C18H17NO7S3/c1-25-13-8-11(10-29(23,24)15-4-3-7-28-15)17(27-2)12(16(13)21)5-6-19-14(20)9-26-18(19)22/h3-8,21H,9-10H2,1-2H3/b6-5+. The topological polar surface area (TPSA) is 110 Å². The van der Waals surface area contributed by atoms with Crippen molar-refractivity contribution >= 4 is 51.0 Å². The van der Waals surface area contributed by atoms with Crippen molar-refractivity contribution in [1.82, 2.24) is 4.90 Å². The van der Waals surface area contributed by atoms with E-state index in [0.29, 0.717) is 10.5 Å². The maximum Gasteiger partial charge on any atom is 0.421 e. The molecule has 1 fully saturated rings. The lowest BCUT2D eigenvalue weighted by atomic mass is 10.1. The number of hydrogen-bond donors (Lipinski definition) is 1. The summed E-state index contributed by atoms with van der Waals surface area (Å²) in [6, 6.07) is 4.66. The molecule has 2 aromatic rings. The van der Waals surface area contributed by atoms with Gasteiger partial charge >= 0.3 is 6.09 Å². The van der Waals surface area contributed by atoms with E-state index >= 15 is 0 Å². The number of phenolic OH excluding ortho intramolecular Hbond substituents is 1. The van der Waals surface area contributed by atoms with E-state index in [-0.39, 0.29) is 33.6 Å². The zero-order valence-corrected chi connectivity index (χ0v) is 17.9. The molecule has 1 aromatic heterocycles. The summed E-state index contributed by atoms with van der Waals surface area (Å²) in [6.45, 7) is -0.354. The van der Waals surface area contributed by atoms with Crippen molar-refractivity contribution in [3.05, 3.63) is 40.9 Å². The number of carbonyl (C=O) groups is 2. The Morgan fingerprint density at radius 1 is 1.41 bits per heavy atom. The van der Waals surface area contributed by atoms with E-state index in [1.807, 2.05) is 0 Å². The molecule has 8 nitrogen and oxygen atoms in total. The zero-order chi connectivity index (χ0) is 21.2. The first kappa shape index (κ1) is 21.2. The number of methoxy groups -OCH3 is 1. The fraction of sp³-hybridized carbons (Fsp3) is 0.222. The van der Waals surface area contributed by atoms with E-state index < -0.39 is 21.8 Å². The highest BCUT2D eigenvalue weighted by Crippen LogP contribution is 2.41. The predicted octanol–water partition coefficient (Wildman–Crippen LogP) is 3.11. The van der Waals surface area contributed by atoms with Crippen molar-refractivity contribution in [2.75, 3.05) is 20.0 Å². The van der Waals surface area contributed by atoms with E-state index in [0.717, 1.165) is 16.2 Å². The summed E-state index contributed by atoms with van der Waals surface area (Å²) in [5.41, 5.74) is 0.663. The van der Waals surface area contributed by atoms with Gasteiger partial charge in [-0.25, -0.2) is 18.1 Å². The van der Waals surface area contributed by atoms with Gasteiger partial charge in [0.15, 0.2) is 27.9 Å². The summed E-state index contributed by atoms with van der Waals surface area (Å²) < 4.78 is 35.6. The van der Waals surface area contributed by atoms with Gasteiger partial charge in [-0.05, 0) is 35.4 Å². The molecule has 0 unspecified atom stereocenters. The number of thioether (sulfide) groups is 1.